The lowest BCUT2D eigenvalue weighted by atomic mass is 9.85. The minimum absolute atomic E-state index is 0.0108. The van der Waals surface area contributed by atoms with E-state index in [-0.39, 0.29) is 57.5 Å². The van der Waals surface area contributed by atoms with Gasteiger partial charge in [0.1, 0.15) is 0 Å². The number of hydrogen-bond donors (Lipinski definition) is 3. The zero-order valence-electron chi connectivity index (χ0n) is 23.3. The van der Waals surface area contributed by atoms with E-state index in [0.29, 0.717) is 50.3 Å². The third-order valence-electron chi connectivity index (χ3n) is 7.69. The van der Waals surface area contributed by atoms with Crippen LogP contribution in [0, 0.1) is 12.8 Å². The van der Waals surface area contributed by atoms with E-state index in [9.17, 15) is 22.8 Å². The number of anilines is 2. The van der Waals surface area contributed by atoms with Crippen LogP contribution >= 0.6 is 23.2 Å². The van der Waals surface area contributed by atoms with Crippen LogP contribution in [0.3, 0.4) is 0 Å². The Labute approximate surface area is 251 Å². The lowest BCUT2D eigenvalue weighted by Crippen LogP contribution is -2.48. The van der Waals surface area contributed by atoms with Gasteiger partial charge >= 0.3 is 6.18 Å². The van der Waals surface area contributed by atoms with Crippen LogP contribution < -0.4 is 16.4 Å². The number of alkyl halides is 3. The minimum atomic E-state index is -4.62. The van der Waals surface area contributed by atoms with E-state index in [1.54, 1.807) is 11.8 Å². The average Bonchev–Trinajstić information content (AvgIpc) is 3.23. The van der Waals surface area contributed by atoms with Crippen LogP contribution in [0.1, 0.15) is 62.7 Å². The van der Waals surface area contributed by atoms with Crippen molar-refractivity contribution in [2.75, 3.05) is 18.4 Å². The minimum Gasteiger partial charge on any atom is -0.369 e. The molecule has 1 aromatic carbocycles. The lowest BCUT2D eigenvalue weighted by Gasteiger charge is -2.32. The van der Waals surface area contributed by atoms with Gasteiger partial charge in [0.25, 0.3) is 0 Å². The summed E-state index contributed by atoms with van der Waals surface area (Å²) in [4.78, 5) is 38.9. The van der Waals surface area contributed by atoms with Gasteiger partial charge in [-0.1, -0.05) is 23.2 Å². The molecule has 2 amide bonds. The first kappa shape index (κ1) is 31.6. The SMILES string of the molecule is C=N/C(=N\c1c(C)nc(Nc2c(Cl)cc(C(F)(F)F)cc2Cl)n1[C@H]1CC[C@@H](C(N)=O)CC1)N[C@@H]1CCCN(C(C)=O)C1. The molecule has 0 spiro atoms. The maximum Gasteiger partial charge on any atom is 0.416 e. The molecule has 2 heterocycles. The summed E-state index contributed by atoms with van der Waals surface area (Å²) in [6.45, 7) is 8.11. The van der Waals surface area contributed by atoms with E-state index < -0.39 is 11.7 Å². The molecule has 1 saturated carbocycles. The number of nitrogens with one attached hydrogen (secondary N) is 2. The number of nitrogens with two attached hydrogens (primary N) is 1. The Kier molecular flexibility index (Phi) is 9.71. The molecule has 2 aliphatic rings. The molecule has 1 atom stereocenters. The maximum atomic E-state index is 13.3. The molecule has 42 heavy (non-hydrogen) atoms. The number of benzene rings is 1. The highest BCUT2D eigenvalue weighted by Crippen LogP contribution is 2.43. The first-order chi connectivity index (χ1) is 19.8. The predicted molar refractivity (Wildman–Crippen MR) is 157 cm³/mol. The van der Waals surface area contributed by atoms with Crippen molar-refractivity contribution in [1.82, 2.24) is 19.8 Å². The Morgan fingerprint density at radius 1 is 1.14 bits per heavy atom. The summed E-state index contributed by atoms with van der Waals surface area (Å²) in [6, 6.07) is 1.33. The van der Waals surface area contributed by atoms with Crippen LogP contribution in [0.25, 0.3) is 0 Å². The summed E-state index contributed by atoms with van der Waals surface area (Å²) in [5.41, 5.74) is 5.13. The van der Waals surface area contributed by atoms with Crippen LogP contribution in [0.5, 0.6) is 0 Å². The number of hydrogen-bond acceptors (Lipinski definition) is 5. The molecule has 0 radical (unpaired) electrons. The Bertz CT molecular complexity index is 1360. The normalized spacial score (nSPS) is 21.6. The molecule has 2 fully saturated rings. The number of nitrogens with zero attached hydrogens (tertiary/aromatic N) is 5. The molecular weight excluding hydrogens is 596 g/mol. The third-order valence-corrected chi connectivity index (χ3v) is 8.28. The average molecular weight is 630 g/mol. The second-order valence-corrected chi connectivity index (χ2v) is 11.4. The molecule has 0 unspecified atom stereocenters. The number of amides is 2. The molecule has 1 aliphatic heterocycles. The Morgan fingerprint density at radius 2 is 1.79 bits per heavy atom. The molecule has 15 heteroatoms. The van der Waals surface area contributed by atoms with Crippen molar-refractivity contribution in [2.45, 2.75) is 70.6 Å². The van der Waals surface area contributed by atoms with Crippen molar-refractivity contribution in [1.29, 1.82) is 0 Å². The van der Waals surface area contributed by atoms with Gasteiger partial charge in [0.2, 0.25) is 23.7 Å². The first-order valence-corrected chi connectivity index (χ1v) is 14.3. The Morgan fingerprint density at radius 3 is 2.33 bits per heavy atom. The van der Waals surface area contributed by atoms with Crippen LogP contribution in [0.2, 0.25) is 10.0 Å². The van der Waals surface area contributed by atoms with E-state index in [1.807, 2.05) is 4.57 Å². The van der Waals surface area contributed by atoms with Crippen molar-refractivity contribution >= 4 is 65.1 Å². The molecule has 2 aromatic rings. The number of likely N-dealkylation sites (tertiary alicyclic amines) is 1. The van der Waals surface area contributed by atoms with E-state index in [1.165, 1.54) is 6.92 Å². The fourth-order valence-corrected chi connectivity index (χ4v) is 6.05. The third kappa shape index (κ3) is 7.17. The number of rotatable bonds is 6. The molecule has 10 nitrogen and oxygen atoms in total. The number of halogens is 5. The van der Waals surface area contributed by atoms with Gasteiger partial charge in [0, 0.05) is 38.0 Å². The standard InChI is InChI=1S/C27H33Cl2F3N8O2/c1-14-24(38-25(34-3)36-18-5-4-10-39(13-18)15(2)41)40(19-8-6-16(7-9-19)23(33)42)26(35-14)37-22-20(28)11-17(12-21(22)29)27(30,31)32/h11-12,16,18-19H,3-10,13H2,1-2H3,(H2,33,42)(H,35,37)(H,36,38)/t16-,18-,19+/m1/s1. The fourth-order valence-electron chi connectivity index (χ4n) is 5.47. The zero-order chi connectivity index (χ0) is 30.8. The molecule has 1 saturated heterocycles. The van der Waals surface area contributed by atoms with Gasteiger partial charge in [0.05, 0.1) is 27.0 Å². The van der Waals surface area contributed by atoms with Crippen molar-refractivity contribution in [3.05, 3.63) is 33.4 Å². The second-order valence-electron chi connectivity index (χ2n) is 10.6. The summed E-state index contributed by atoms with van der Waals surface area (Å²) in [7, 11) is 0. The number of guanidine groups is 1. The summed E-state index contributed by atoms with van der Waals surface area (Å²) in [5, 5.41) is 5.83. The molecule has 1 aliphatic carbocycles. The van der Waals surface area contributed by atoms with Crippen molar-refractivity contribution in [2.24, 2.45) is 21.6 Å². The number of carbonyl (C=O) groups is 2. The first-order valence-electron chi connectivity index (χ1n) is 13.6. The number of aryl methyl sites for hydroxylation is 1. The van der Waals surface area contributed by atoms with Crippen LogP contribution in [0.15, 0.2) is 22.1 Å². The van der Waals surface area contributed by atoms with Crippen molar-refractivity contribution in [3.63, 3.8) is 0 Å². The largest absolute Gasteiger partial charge is 0.416 e. The summed E-state index contributed by atoms with van der Waals surface area (Å²) in [5.74, 6) is 0.315. The summed E-state index contributed by atoms with van der Waals surface area (Å²) >= 11 is 12.5. The second kappa shape index (κ2) is 12.9. The number of imidazole rings is 1. The maximum absolute atomic E-state index is 13.3. The van der Waals surface area contributed by atoms with E-state index in [0.717, 1.165) is 25.0 Å². The smallest absolute Gasteiger partial charge is 0.369 e. The molecular formula is C27H33Cl2F3N8O2. The van der Waals surface area contributed by atoms with Crippen molar-refractivity contribution in [3.8, 4) is 0 Å². The molecule has 1 aromatic heterocycles. The monoisotopic (exact) mass is 628 g/mol. The summed E-state index contributed by atoms with van der Waals surface area (Å²) in [6.07, 6.45) is -0.728. The number of carbonyl (C=O) groups excluding carboxylic acids is 2. The Balaban J connectivity index is 1.72. The Hall–Kier alpha value is -3.32. The van der Waals surface area contributed by atoms with E-state index in [4.69, 9.17) is 33.9 Å². The van der Waals surface area contributed by atoms with Gasteiger partial charge in [-0.15, -0.1) is 0 Å². The highest BCUT2D eigenvalue weighted by atomic mass is 35.5. The number of aromatic nitrogens is 2. The number of piperidine rings is 1. The van der Waals surface area contributed by atoms with Crippen LogP contribution in [-0.4, -0.2) is 58.1 Å². The topological polar surface area (TPSA) is 130 Å². The van der Waals surface area contributed by atoms with E-state index in [2.05, 4.69) is 27.3 Å². The van der Waals surface area contributed by atoms with Crippen molar-refractivity contribution < 1.29 is 22.8 Å². The van der Waals surface area contributed by atoms with Crippen LogP contribution in [0.4, 0.5) is 30.6 Å². The van der Waals surface area contributed by atoms with E-state index >= 15 is 0 Å². The van der Waals surface area contributed by atoms with Gasteiger partial charge in [-0.3, -0.25) is 14.2 Å². The van der Waals surface area contributed by atoms with Gasteiger partial charge in [-0.2, -0.15) is 18.2 Å². The van der Waals surface area contributed by atoms with Gasteiger partial charge in [-0.05, 0) is 64.3 Å². The molecule has 4 N–H and O–H groups in total. The number of primary amides is 1. The zero-order valence-corrected chi connectivity index (χ0v) is 24.8. The molecule has 4 rings (SSSR count). The highest BCUT2D eigenvalue weighted by molar-refractivity contribution is 6.39. The van der Waals surface area contributed by atoms with Gasteiger partial charge in [-0.25, -0.2) is 9.98 Å². The van der Waals surface area contributed by atoms with Crippen LogP contribution in [-0.2, 0) is 15.8 Å². The highest BCUT2D eigenvalue weighted by Gasteiger charge is 2.33. The van der Waals surface area contributed by atoms with Gasteiger partial charge < -0.3 is 21.3 Å². The number of aliphatic imine (C=N–C) groups is 2. The predicted octanol–water partition coefficient (Wildman–Crippen LogP) is 5.77. The summed E-state index contributed by atoms with van der Waals surface area (Å²) < 4.78 is 41.7. The quantitative estimate of drug-likeness (QED) is 0.276. The van der Waals surface area contributed by atoms with Gasteiger partial charge in [0.15, 0.2) is 5.82 Å². The molecule has 228 valence electrons. The fraction of sp³-hybridized carbons (Fsp3) is 0.519. The molecule has 0 bridgehead atoms. The lowest BCUT2D eigenvalue weighted by molar-refractivity contribution is -0.137.